The second-order valence-electron chi connectivity index (χ2n) is 6.43. The number of nitrogens with zero attached hydrogens (tertiary/aromatic N) is 4. The van der Waals surface area contributed by atoms with Crippen LogP contribution in [0.15, 0.2) is 48.7 Å². The van der Waals surface area contributed by atoms with Gasteiger partial charge in [-0.1, -0.05) is 18.2 Å². The molecule has 0 aliphatic carbocycles. The van der Waals surface area contributed by atoms with Crippen molar-refractivity contribution in [2.75, 3.05) is 11.9 Å². The van der Waals surface area contributed by atoms with Gasteiger partial charge in [0.25, 0.3) is 0 Å². The van der Waals surface area contributed by atoms with Gasteiger partial charge in [-0.15, -0.1) is 0 Å². The van der Waals surface area contributed by atoms with Crippen molar-refractivity contribution in [1.29, 1.82) is 5.26 Å². The second-order valence-corrected chi connectivity index (χ2v) is 6.43. The number of halogens is 1. The van der Waals surface area contributed by atoms with E-state index in [4.69, 9.17) is 0 Å². The maximum Gasteiger partial charge on any atom is 0.124 e. The number of benzene rings is 2. The molecule has 4 rings (SSSR count). The highest BCUT2D eigenvalue weighted by Gasteiger charge is 2.10. The van der Waals surface area contributed by atoms with Crippen LogP contribution in [0.25, 0.3) is 21.8 Å². The molecule has 1 N–H and O–H groups in total. The summed E-state index contributed by atoms with van der Waals surface area (Å²) in [6.07, 6.45) is 2.34. The van der Waals surface area contributed by atoms with Crippen molar-refractivity contribution in [1.82, 2.24) is 14.8 Å². The van der Waals surface area contributed by atoms with Crippen molar-refractivity contribution >= 4 is 27.5 Å². The molecule has 0 radical (unpaired) electrons. The van der Waals surface area contributed by atoms with E-state index < -0.39 is 0 Å². The van der Waals surface area contributed by atoms with Crippen molar-refractivity contribution in [3.8, 4) is 6.07 Å². The molecule has 27 heavy (non-hydrogen) atoms. The average molecular weight is 359 g/mol. The number of aromatic nitrogens is 3. The topological polar surface area (TPSA) is 66.5 Å². The zero-order valence-corrected chi connectivity index (χ0v) is 14.9. The third-order valence-corrected chi connectivity index (χ3v) is 4.64. The minimum absolute atomic E-state index is 0.346. The lowest BCUT2D eigenvalue weighted by molar-refractivity contribution is 0.605. The number of fused-ring (bicyclic) bond motifs is 2. The molecule has 0 aliphatic heterocycles. The van der Waals surface area contributed by atoms with Gasteiger partial charge >= 0.3 is 0 Å². The van der Waals surface area contributed by atoms with Crippen LogP contribution in [0.4, 0.5) is 10.1 Å². The molecule has 2 aromatic heterocycles. The lowest BCUT2D eigenvalue weighted by atomic mass is 10.1. The van der Waals surface area contributed by atoms with E-state index in [1.807, 2.05) is 23.7 Å². The highest BCUT2D eigenvalue weighted by molar-refractivity contribution is 5.93. The molecule has 6 heteroatoms. The smallest absolute Gasteiger partial charge is 0.124 e. The van der Waals surface area contributed by atoms with E-state index >= 15 is 0 Å². The fourth-order valence-corrected chi connectivity index (χ4v) is 3.35. The fraction of sp³-hybridized carbons (Fsp3) is 0.190. The summed E-state index contributed by atoms with van der Waals surface area (Å²) in [6, 6.07) is 14.7. The lowest BCUT2D eigenvalue weighted by Crippen LogP contribution is -2.09. The van der Waals surface area contributed by atoms with Crippen molar-refractivity contribution in [2.45, 2.75) is 19.9 Å². The maximum absolute atomic E-state index is 13.7. The van der Waals surface area contributed by atoms with Gasteiger partial charge in [0, 0.05) is 30.1 Å². The van der Waals surface area contributed by atoms with E-state index in [2.05, 4.69) is 33.6 Å². The van der Waals surface area contributed by atoms with Crippen LogP contribution < -0.4 is 5.32 Å². The Hall–Kier alpha value is -3.46. The summed E-state index contributed by atoms with van der Waals surface area (Å²) in [4.78, 5) is 4.22. The highest BCUT2D eigenvalue weighted by Crippen LogP contribution is 2.26. The van der Waals surface area contributed by atoms with E-state index in [0.29, 0.717) is 28.7 Å². The van der Waals surface area contributed by atoms with Crippen LogP contribution in [-0.2, 0) is 6.54 Å². The van der Waals surface area contributed by atoms with E-state index in [-0.39, 0.29) is 5.82 Å². The molecule has 134 valence electrons. The van der Waals surface area contributed by atoms with Gasteiger partial charge in [-0.05, 0) is 37.6 Å². The van der Waals surface area contributed by atoms with Crippen molar-refractivity contribution in [2.24, 2.45) is 0 Å². The van der Waals surface area contributed by atoms with Crippen LogP contribution in [0.3, 0.4) is 0 Å². The number of pyridine rings is 1. The largest absolute Gasteiger partial charge is 0.383 e. The van der Waals surface area contributed by atoms with Gasteiger partial charge in [0.05, 0.1) is 28.0 Å². The first-order valence-electron chi connectivity index (χ1n) is 8.82. The van der Waals surface area contributed by atoms with Gasteiger partial charge in [-0.25, -0.2) is 4.39 Å². The van der Waals surface area contributed by atoms with Crippen LogP contribution in [0, 0.1) is 24.1 Å². The Morgan fingerprint density at radius 3 is 2.89 bits per heavy atom. The van der Waals surface area contributed by atoms with Crippen molar-refractivity contribution < 1.29 is 4.39 Å². The number of anilines is 1. The van der Waals surface area contributed by atoms with E-state index in [1.54, 1.807) is 6.07 Å². The summed E-state index contributed by atoms with van der Waals surface area (Å²) in [7, 11) is 0. The molecule has 0 bridgehead atoms. The number of hydrogen-bond acceptors (Lipinski definition) is 4. The SMILES string of the molecule is Cc1nn(CCCNc2c(C#N)cnc3ccc(F)cc23)c2ccccc12. The average Bonchev–Trinajstić information content (AvgIpc) is 3.01. The predicted molar refractivity (Wildman–Crippen MR) is 104 cm³/mol. The van der Waals surface area contributed by atoms with Crippen LogP contribution in [-0.4, -0.2) is 21.3 Å². The Labute approximate surface area is 156 Å². The molecule has 0 aliphatic rings. The number of nitriles is 1. The Balaban J connectivity index is 1.52. The molecule has 2 heterocycles. The normalized spacial score (nSPS) is 11.0. The molecule has 0 saturated heterocycles. The molecule has 0 atom stereocenters. The molecule has 0 saturated carbocycles. The predicted octanol–water partition coefficient (Wildman–Crippen LogP) is 4.41. The number of rotatable bonds is 5. The summed E-state index contributed by atoms with van der Waals surface area (Å²) in [5, 5.41) is 19.0. The first-order valence-corrected chi connectivity index (χ1v) is 8.82. The second kappa shape index (κ2) is 7.04. The monoisotopic (exact) mass is 359 g/mol. The fourth-order valence-electron chi connectivity index (χ4n) is 3.35. The molecule has 5 nitrogen and oxygen atoms in total. The van der Waals surface area contributed by atoms with E-state index in [0.717, 1.165) is 29.6 Å². The van der Waals surface area contributed by atoms with Crippen LogP contribution in [0.2, 0.25) is 0 Å². The third-order valence-electron chi connectivity index (χ3n) is 4.64. The molecule has 0 unspecified atom stereocenters. The summed E-state index contributed by atoms with van der Waals surface area (Å²) in [5.41, 5.74) is 3.83. The summed E-state index contributed by atoms with van der Waals surface area (Å²) < 4.78 is 15.7. The summed E-state index contributed by atoms with van der Waals surface area (Å²) in [6.45, 7) is 3.39. The maximum atomic E-state index is 13.7. The van der Waals surface area contributed by atoms with Gasteiger partial charge in [0.2, 0.25) is 0 Å². The molecule has 0 spiro atoms. The molecule has 2 aromatic carbocycles. The van der Waals surface area contributed by atoms with Gasteiger partial charge in [0.1, 0.15) is 11.9 Å². The third kappa shape index (κ3) is 3.20. The first kappa shape index (κ1) is 17.0. The number of aryl methyl sites for hydroxylation is 2. The highest BCUT2D eigenvalue weighted by atomic mass is 19.1. The Bertz CT molecular complexity index is 1170. The van der Waals surface area contributed by atoms with Gasteiger partial charge < -0.3 is 5.32 Å². The van der Waals surface area contributed by atoms with Crippen LogP contribution >= 0.6 is 0 Å². The Morgan fingerprint density at radius 1 is 1.19 bits per heavy atom. The zero-order chi connectivity index (χ0) is 18.8. The molecular formula is C21H18FN5. The van der Waals surface area contributed by atoms with Crippen molar-refractivity contribution in [3.63, 3.8) is 0 Å². The number of nitrogens with one attached hydrogen (secondary N) is 1. The van der Waals surface area contributed by atoms with Crippen LogP contribution in [0.1, 0.15) is 17.7 Å². The van der Waals surface area contributed by atoms with E-state index in [9.17, 15) is 9.65 Å². The minimum atomic E-state index is -0.346. The summed E-state index contributed by atoms with van der Waals surface area (Å²) in [5.74, 6) is -0.346. The van der Waals surface area contributed by atoms with Crippen LogP contribution in [0.5, 0.6) is 0 Å². The Kier molecular flexibility index (Phi) is 4.43. The number of hydrogen-bond donors (Lipinski definition) is 1. The standard InChI is InChI=1S/C21H18FN5/c1-14-17-5-2-3-6-20(17)27(26-14)10-4-9-24-21-15(12-23)13-25-19-8-7-16(22)11-18(19)21/h2-3,5-8,11,13H,4,9-10H2,1H3,(H,24,25). The Morgan fingerprint density at radius 2 is 2.04 bits per heavy atom. The quantitative estimate of drug-likeness (QED) is 0.536. The number of para-hydroxylation sites is 1. The lowest BCUT2D eigenvalue weighted by Gasteiger charge is -2.11. The molecule has 0 amide bonds. The first-order chi connectivity index (χ1) is 13.2. The minimum Gasteiger partial charge on any atom is -0.383 e. The molecule has 4 aromatic rings. The summed E-state index contributed by atoms with van der Waals surface area (Å²) >= 11 is 0. The molecule has 0 fully saturated rings. The van der Waals surface area contributed by atoms with Gasteiger partial charge in [-0.3, -0.25) is 9.67 Å². The zero-order valence-electron chi connectivity index (χ0n) is 14.9. The van der Waals surface area contributed by atoms with Crippen molar-refractivity contribution in [3.05, 3.63) is 65.7 Å². The van der Waals surface area contributed by atoms with Gasteiger partial charge in [-0.2, -0.15) is 10.4 Å². The van der Waals surface area contributed by atoms with Gasteiger partial charge in [0.15, 0.2) is 0 Å². The molecular weight excluding hydrogens is 341 g/mol. The van der Waals surface area contributed by atoms with E-state index in [1.165, 1.54) is 18.3 Å².